The predicted octanol–water partition coefficient (Wildman–Crippen LogP) is 3.99. The van der Waals surface area contributed by atoms with Gasteiger partial charge in [0, 0.05) is 32.1 Å². The number of aliphatic hydroxyl groups excluding tert-OH is 1. The molecule has 1 aliphatic heterocycles. The first kappa shape index (κ1) is 30.7. The first-order chi connectivity index (χ1) is 19.6. The number of carboxylic acid groups (broad SMARTS) is 2. The SMILES string of the molecule is CC(=O)O.CC(=O)O[C@@H]1CC2(C)C(CC3C2[C@H](CC(=O)O)C=C2OC(=O)C(O)C23C)C2C(=O)CC3CCCCC3(C)C21. The van der Waals surface area contributed by atoms with Crippen molar-refractivity contribution in [1.82, 2.24) is 0 Å². The number of rotatable bonds is 3. The zero-order valence-corrected chi connectivity index (χ0v) is 25.1. The summed E-state index contributed by atoms with van der Waals surface area (Å²) in [6.07, 6.45) is 5.80. The molecule has 4 saturated carbocycles. The Balaban J connectivity index is 0.000000830. The van der Waals surface area contributed by atoms with E-state index in [-0.39, 0.29) is 59.1 Å². The Labute approximate surface area is 246 Å². The Kier molecular flexibility index (Phi) is 7.64. The molecular formula is C32H44O10. The fourth-order valence-corrected chi connectivity index (χ4v) is 10.8. The summed E-state index contributed by atoms with van der Waals surface area (Å²) in [5, 5.41) is 28.3. The highest BCUT2D eigenvalue weighted by Crippen LogP contribution is 2.73. The predicted molar refractivity (Wildman–Crippen MR) is 147 cm³/mol. The second kappa shape index (κ2) is 10.5. The average Bonchev–Trinajstić information content (AvgIpc) is 3.30. The Bertz CT molecular complexity index is 1220. The van der Waals surface area contributed by atoms with Gasteiger partial charge < -0.3 is 24.8 Å². The van der Waals surface area contributed by atoms with E-state index in [1.807, 2.05) is 6.92 Å². The zero-order chi connectivity index (χ0) is 30.9. The second-order valence-electron chi connectivity index (χ2n) is 14.4. The number of fused-ring (bicyclic) bond motifs is 9. The van der Waals surface area contributed by atoms with Crippen LogP contribution >= 0.6 is 0 Å². The van der Waals surface area contributed by atoms with Crippen molar-refractivity contribution in [1.29, 1.82) is 0 Å². The van der Waals surface area contributed by atoms with E-state index in [9.17, 15) is 29.4 Å². The fraction of sp³-hybridized carbons (Fsp3) is 0.781. The number of aliphatic hydroxyl groups is 1. The molecule has 10 nitrogen and oxygen atoms in total. The van der Waals surface area contributed by atoms with E-state index < -0.39 is 46.9 Å². The van der Waals surface area contributed by atoms with E-state index in [1.54, 1.807) is 6.08 Å². The van der Waals surface area contributed by atoms with Crippen molar-refractivity contribution in [2.75, 3.05) is 0 Å². The van der Waals surface area contributed by atoms with Gasteiger partial charge in [0.25, 0.3) is 5.97 Å². The number of Topliss-reactive ketones (excluding diaryl/α,β-unsaturated/α-hetero) is 1. The van der Waals surface area contributed by atoms with Gasteiger partial charge in [-0.15, -0.1) is 0 Å². The number of hydrogen-bond donors (Lipinski definition) is 3. The van der Waals surface area contributed by atoms with Crippen molar-refractivity contribution >= 4 is 29.7 Å². The lowest BCUT2D eigenvalue weighted by Gasteiger charge is -2.62. The molecule has 0 radical (unpaired) electrons. The lowest BCUT2D eigenvalue weighted by Crippen LogP contribution is -2.62. The lowest BCUT2D eigenvalue weighted by atomic mass is 9.43. The molecule has 1 heterocycles. The molecule has 10 unspecified atom stereocenters. The van der Waals surface area contributed by atoms with Gasteiger partial charge in [0.15, 0.2) is 6.10 Å². The summed E-state index contributed by atoms with van der Waals surface area (Å²) < 4.78 is 11.6. The fourth-order valence-electron chi connectivity index (χ4n) is 10.8. The van der Waals surface area contributed by atoms with Crippen molar-refractivity contribution in [3.8, 4) is 0 Å². The number of ether oxygens (including phenoxy) is 2. The molecule has 0 bridgehead atoms. The minimum Gasteiger partial charge on any atom is -0.481 e. The van der Waals surface area contributed by atoms with Gasteiger partial charge in [-0.25, -0.2) is 4.79 Å². The minimum atomic E-state index is -1.34. The van der Waals surface area contributed by atoms with Crippen LogP contribution in [0.25, 0.3) is 0 Å². The van der Waals surface area contributed by atoms with Gasteiger partial charge in [-0.1, -0.05) is 26.7 Å². The molecule has 12 atom stereocenters. The van der Waals surface area contributed by atoms with Crippen LogP contribution in [0.3, 0.4) is 0 Å². The zero-order valence-electron chi connectivity index (χ0n) is 25.1. The molecule has 0 aromatic carbocycles. The summed E-state index contributed by atoms with van der Waals surface area (Å²) in [5.74, 6) is -3.23. The van der Waals surface area contributed by atoms with Crippen molar-refractivity contribution < 1.29 is 48.8 Å². The number of hydrogen-bond acceptors (Lipinski definition) is 8. The molecule has 3 N–H and O–H groups in total. The summed E-state index contributed by atoms with van der Waals surface area (Å²) in [5.41, 5.74) is -1.58. The molecule has 0 amide bonds. The van der Waals surface area contributed by atoms with Gasteiger partial charge in [-0.2, -0.15) is 0 Å². The van der Waals surface area contributed by atoms with Crippen LogP contribution in [0.1, 0.15) is 86.0 Å². The molecular weight excluding hydrogens is 544 g/mol. The Morgan fingerprint density at radius 1 is 1.02 bits per heavy atom. The summed E-state index contributed by atoms with van der Waals surface area (Å²) in [6.45, 7) is 8.79. The molecule has 6 aliphatic rings. The molecule has 0 spiro atoms. The van der Waals surface area contributed by atoms with E-state index in [0.717, 1.165) is 32.6 Å². The van der Waals surface area contributed by atoms with Crippen molar-refractivity contribution in [3.63, 3.8) is 0 Å². The highest BCUT2D eigenvalue weighted by Gasteiger charge is 2.73. The molecule has 5 fully saturated rings. The van der Waals surface area contributed by atoms with E-state index >= 15 is 0 Å². The van der Waals surface area contributed by atoms with E-state index in [0.29, 0.717) is 25.0 Å². The van der Waals surface area contributed by atoms with Gasteiger partial charge in [0.1, 0.15) is 17.6 Å². The van der Waals surface area contributed by atoms with Crippen LogP contribution in [-0.2, 0) is 33.4 Å². The molecule has 5 aliphatic carbocycles. The summed E-state index contributed by atoms with van der Waals surface area (Å²) in [7, 11) is 0. The van der Waals surface area contributed by atoms with Gasteiger partial charge in [0.2, 0.25) is 0 Å². The van der Waals surface area contributed by atoms with Crippen LogP contribution in [0.5, 0.6) is 0 Å². The van der Waals surface area contributed by atoms with E-state index in [1.165, 1.54) is 6.92 Å². The van der Waals surface area contributed by atoms with Crippen LogP contribution in [-0.4, -0.2) is 57.2 Å². The van der Waals surface area contributed by atoms with Gasteiger partial charge in [0.05, 0.1) is 11.8 Å². The Morgan fingerprint density at radius 2 is 1.69 bits per heavy atom. The monoisotopic (exact) mass is 588 g/mol. The average molecular weight is 589 g/mol. The highest BCUT2D eigenvalue weighted by atomic mass is 16.6. The largest absolute Gasteiger partial charge is 0.481 e. The topological polar surface area (TPSA) is 164 Å². The number of allylic oxidation sites excluding steroid dienone is 1. The normalized spacial score (nSPS) is 46.7. The van der Waals surface area contributed by atoms with Crippen LogP contribution in [0.4, 0.5) is 0 Å². The molecule has 6 rings (SSSR count). The van der Waals surface area contributed by atoms with Crippen molar-refractivity contribution in [2.45, 2.75) is 98.2 Å². The minimum absolute atomic E-state index is 0.0507. The number of carboxylic acids is 2. The number of carbonyl (C=O) groups is 5. The van der Waals surface area contributed by atoms with Gasteiger partial charge in [-0.05, 0) is 79.1 Å². The summed E-state index contributed by atoms with van der Waals surface area (Å²) >= 11 is 0. The van der Waals surface area contributed by atoms with Crippen LogP contribution in [0.2, 0.25) is 0 Å². The third kappa shape index (κ3) is 4.50. The molecule has 0 aromatic heterocycles. The third-order valence-electron chi connectivity index (χ3n) is 12.3. The number of carbonyl (C=O) groups excluding carboxylic acids is 3. The summed E-state index contributed by atoms with van der Waals surface area (Å²) in [4.78, 5) is 60.0. The van der Waals surface area contributed by atoms with Gasteiger partial charge >= 0.3 is 17.9 Å². The first-order valence-corrected chi connectivity index (χ1v) is 15.3. The Morgan fingerprint density at radius 3 is 2.31 bits per heavy atom. The molecule has 0 aromatic rings. The molecule has 10 heteroatoms. The third-order valence-corrected chi connectivity index (χ3v) is 12.3. The van der Waals surface area contributed by atoms with Crippen LogP contribution in [0, 0.1) is 57.7 Å². The lowest BCUT2D eigenvalue weighted by molar-refractivity contribution is -0.196. The number of aliphatic carboxylic acids is 2. The van der Waals surface area contributed by atoms with Gasteiger partial charge in [-0.3, -0.25) is 19.2 Å². The second-order valence-corrected chi connectivity index (χ2v) is 14.4. The number of esters is 2. The smallest absolute Gasteiger partial charge is 0.341 e. The molecule has 42 heavy (non-hydrogen) atoms. The quantitative estimate of drug-likeness (QED) is 0.411. The van der Waals surface area contributed by atoms with Crippen molar-refractivity contribution in [3.05, 3.63) is 11.8 Å². The summed E-state index contributed by atoms with van der Waals surface area (Å²) in [6, 6.07) is 0. The van der Waals surface area contributed by atoms with Crippen LogP contribution < -0.4 is 0 Å². The van der Waals surface area contributed by atoms with Crippen LogP contribution in [0.15, 0.2) is 11.8 Å². The highest BCUT2D eigenvalue weighted by molar-refractivity contribution is 5.84. The standard InChI is InChI=1S/C30H40O8.C2H4O2/c1-14(31)37-20-13-29(3)17(23-19(32)11-16-7-5-6-8-28(16,2)25(20)23)12-18-24(29)15(10-22(33)34)9-21-30(18,4)26(35)27(36)38-21;1-2(3)4/h9,15-18,20,23-26,35H,5-8,10-13H2,1-4H3,(H,33,34);1H3,(H,3,4)/t15-,16?,17?,18?,20+,23?,24?,25?,26?,28?,29?,30?;/m0./s1. The molecule has 232 valence electrons. The Hall–Kier alpha value is -2.75. The maximum absolute atomic E-state index is 14.1. The number of ketones is 1. The van der Waals surface area contributed by atoms with E-state index in [2.05, 4.69) is 13.8 Å². The van der Waals surface area contributed by atoms with E-state index in [4.69, 9.17) is 19.4 Å². The maximum Gasteiger partial charge on any atom is 0.341 e. The maximum atomic E-state index is 14.1. The van der Waals surface area contributed by atoms with Crippen molar-refractivity contribution in [2.24, 2.45) is 57.7 Å². The first-order valence-electron chi connectivity index (χ1n) is 15.3. The molecule has 1 saturated heterocycles.